The molecule has 0 radical (unpaired) electrons. The number of benzene rings is 1. The molecule has 1 fully saturated rings. The maximum absolute atomic E-state index is 11.9. The van der Waals surface area contributed by atoms with Crippen LogP contribution in [0, 0.1) is 0 Å². The number of aliphatic hydroxyl groups is 1. The first-order valence-corrected chi connectivity index (χ1v) is 8.80. The maximum Gasteiger partial charge on any atom is 0.407 e. The van der Waals surface area contributed by atoms with Crippen LogP contribution < -0.4 is 5.32 Å². The molecule has 1 aliphatic heterocycles. The maximum atomic E-state index is 11.9. The Morgan fingerprint density at radius 1 is 1.25 bits per heavy atom. The molecule has 2 N–H and O–H groups in total. The zero-order valence-corrected chi connectivity index (χ0v) is 14.8. The van der Waals surface area contributed by atoms with Crippen LogP contribution in [-0.4, -0.2) is 46.4 Å². The summed E-state index contributed by atoms with van der Waals surface area (Å²) in [6, 6.07) is 8.57. The highest BCUT2D eigenvalue weighted by molar-refractivity contribution is 5.68. The summed E-state index contributed by atoms with van der Waals surface area (Å²) >= 11 is 0. The fraction of sp³-hybridized carbons (Fsp3) is 0.632. The van der Waals surface area contributed by atoms with Gasteiger partial charge in [0, 0.05) is 25.2 Å². The van der Waals surface area contributed by atoms with E-state index in [9.17, 15) is 9.90 Å². The first kappa shape index (κ1) is 17.2. The average Bonchev–Trinajstić information content (AvgIpc) is 2.85. The quantitative estimate of drug-likeness (QED) is 0.873. The minimum Gasteiger partial charge on any atom is -0.444 e. The van der Waals surface area contributed by atoms with E-state index < -0.39 is 17.8 Å². The van der Waals surface area contributed by atoms with Crippen LogP contribution in [0.15, 0.2) is 24.3 Å². The Balaban J connectivity index is 1.58. The molecule has 3 atom stereocenters. The van der Waals surface area contributed by atoms with Crippen molar-refractivity contribution in [3.8, 4) is 0 Å². The van der Waals surface area contributed by atoms with Crippen LogP contribution in [0.1, 0.15) is 44.7 Å². The lowest BCUT2D eigenvalue weighted by atomic mass is 9.98. The monoisotopic (exact) mass is 332 g/mol. The molecule has 1 amide bonds. The van der Waals surface area contributed by atoms with E-state index in [1.165, 1.54) is 11.1 Å². The number of carbonyl (C=O) groups is 1. The topological polar surface area (TPSA) is 61.8 Å². The van der Waals surface area contributed by atoms with Gasteiger partial charge in [-0.1, -0.05) is 24.3 Å². The Kier molecular flexibility index (Phi) is 4.83. The van der Waals surface area contributed by atoms with Crippen molar-refractivity contribution in [2.24, 2.45) is 0 Å². The van der Waals surface area contributed by atoms with E-state index in [2.05, 4.69) is 34.5 Å². The second-order valence-electron chi connectivity index (χ2n) is 7.94. The molecule has 5 nitrogen and oxygen atoms in total. The average molecular weight is 332 g/mol. The number of fused-ring (bicyclic) bond motifs is 1. The van der Waals surface area contributed by atoms with Crippen molar-refractivity contribution in [3.63, 3.8) is 0 Å². The first-order chi connectivity index (χ1) is 11.3. The number of hydrogen-bond acceptors (Lipinski definition) is 4. The molecule has 1 aromatic carbocycles. The van der Waals surface area contributed by atoms with Gasteiger partial charge < -0.3 is 15.2 Å². The van der Waals surface area contributed by atoms with Gasteiger partial charge in [-0.2, -0.15) is 0 Å². The number of amides is 1. The molecule has 132 valence electrons. The number of rotatable bonds is 2. The highest BCUT2D eigenvalue weighted by Crippen LogP contribution is 2.29. The minimum atomic E-state index is -0.503. The summed E-state index contributed by atoms with van der Waals surface area (Å²) < 4.78 is 5.32. The van der Waals surface area contributed by atoms with Gasteiger partial charge >= 0.3 is 6.09 Å². The summed E-state index contributed by atoms with van der Waals surface area (Å²) in [5.74, 6) is 0. The Labute approximate surface area is 144 Å². The van der Waals surface area contributed by atoms with Crippen LogP contribution in [0.5, 0.6) is 0 Å². The molecule has 0 bridgehead atoms. The third-order valence-electron chi connectivity index (χ3n) is 4.85. The summed E-state index contributed by atoms with van der Waals surface area (Å²) in [7, 11) is 0. The van der Waals surface area contributed by atoms with Crippen LogP contribution in [0.3, 0.4) is 0 Å². The van der Waals surface area contributed by atoms with E-state index in [0.717, 1.165) is 25.9 Å². The van der Waals surface area contributed by atoms with Crippen molar-refractivity contribution in [3.05, 3.63) is 35.4 Å². The smallest absolute Gasteiger partial charge is 0.407 e. The van der Waals surface area contributed by atoms with E-state index in [0.29, 0.717) is 6.42 Å². The number of aliphatic hydroxyl groups excluding tert-OH is 1. The molecule has 1 saturated carbocycles. The van der Waals surface area contributed by atoms with Crippen molar-refractivity contribution >= 4 is 6.09 Å². The molecule has 0 saturated heterocycles. The van der Waals surface area contributed by atoms with Crippen molar-refractivity contribution in [1.29, 1.82) is 0 Å². The van der Waals surface area contributed by atoms with Crippen molar-refractivity contribution in [2.45, 2.75) is 70.4 Å². The number of nitrogens with one attached hydrogen (secondary N) is 1. The van der Waals surface area contributed by atoms with Gasteiger partial charge in [-0.15, -0.1) is 0 Å². The summed E-state index contributed by atoms with van der Waals surface area (Å²) in [4.78, 5) is 14.3. The standard InChI is InChI=1S/C19H28N2O3/c1-19(2,3)24-18(23)20-15-10-16(17(22)11-15)21-9-8-13-6-4-5-7-14(13)12-21/h4-7,15-17,22H,8-12H2,1-3H3,(H,20,23). The van der Waals surface area contributed by atoms with Gasteiger partial charge in [0.1, 0.15) is 5.60 Å². The van der Waals surface area contributed by atoms with Gasteiger partial charge in [0.2, 0.25) is 0 Å². The SMILES string of the molecule is CC(C)(C)OC(=O)NC1CC(O)C(N2CCc3ccccc3C2)C1. The molecule has 1 aliphatic carbocycles. The lowest BCUT2D eigenvalue weighted by Gasteiger charge is -2.35. The van der Waals surface area contributed by atoms with Gasteiger partial charge in [0.25, 0.3) is 0 Å². The third kappa shape index (κ3) is 4.08. The van der Waals surface area contributed by atoms with E-state index in [4.69, 9.17) is 4.74 Å². The van der Waals surface area contributed by atoms with Crippen LogP contribution in [0.2, 0.25) is 0 Å². The van der Waals surface area contributed by atoms with Crippen LogP contribution in [0.25, 0.3) is 0 Å². The summed E-state index contributed by atoms with van der Waals surface area (Å²) in [5.41, 5.74) is 2.25. The van der Waals surface area contributed by atoms with E-state index in [1.54, 1.807) is 0 Å². The molecule has 1 aromatic rings. The summed E-state index contributed by atoms with van der Waals surface area (Å²) in [5, 5.41) is 13.4. The van der Waals surface area contributed by atoms with Crippen molar-refractivity contribution in [2.75, 3.05) is 6.54 Å². The predicted molar refractivity (Wildman–Crippen MR) is 92.7 cm³/mol. The van der Waals surface area contributed by atoms with Gasteiger partial charge in [-0.3, -0.25) is 4.90 Å². The lowest BCUT2D eigenvalue weighted by molar-refractivity contribution is 0.0502. The fourth-order valence-electron chi connectivity index (χ4n) is 3.78. The second kappa shape index (κ2) is 6.73. The lowest BCUT2D eigenvalue weighted by Crippen LogP contribution is -2.43. The first-order valence-electron chi connectivity index (χ1n) is 8.80. The number of hydrogen-bond donors (Lipinski definition) is 2. The number of carbonyl (C=O) groups excluding carboxylic acids is 1. The van der Waals surface area contributed by atoms with Crippen LogP contribution >= 0.6 is 0 Å². The normalized spacial score (nSPS) is 27.6. The number of ether oxygens (including phenoxy) is 1. The molecular weight excluding hydrogens is 304 g/mol. The van der Waals surface area contributed by atoms with E-state index in [-0.39, 0.29) is 12.1 Å². The second-order valence-corrected chi connectivity index (χ2v) is 7.94. The molecular formula is C19H28N2O3. The minimum absolute atomic E-state index is 0.0305. The molecule has 0 aromatic heterocycles. The molecule has 2 aliphatic rings. The zero-order valence-electron chi connectivity index (χ0n) is 14.8. The Bertz CT molecular complexity index is 597. The molecule has 3 rings (SSSR count). The number of nitrogens with zero attached hydrogens (tertiary/aromatic N) is 1. The summed E-state index contributed by atoms with van der Waals surface area (Å²) in [6.07, 6.45) is 1.56. The molecule has 5 heteroatoms. The van der Waals surface area contributed by atoms with Gasteiger partial charge in [-0.05, 0) is 51.2 Å². The fourth-order valence-corrected chi connectivity index (χ4v) is 3.78. The van der Waals surface area contributed by atoms with Crippen LogP contribution in [0.4, 0.5) is 4.79 Å². The highest BCUT2D eigenvalue weighted by Gasteiger charge is 2.38. The van der Waals surface area contributed by atoms with Gasteiger partial charge in [-0.25, -0.2) is 4.79 Å². The number of alkyl carbamates (subject to hydrolysis) is 1. The van der Waals surface area contributed by atoms with Crippen molar-refractivity contribution < 1.29 is 14.6 Å². The Morgan fingerprint density at radius 2 is 1.96 bits per heavy atom. The molecule has 3 unspecified atom stereocenters. The van der Waals surface area contributed by atoms with Gasteiger partial charge in [0.15, 0.2) is 0 Å². The Morgan fingerprint density at radius 3 is 2.67 bits per heavy atom. The zero-order chi connectivity index (χ0) is 17.3. The van der Waals surface area contributed by atoms with Crippen molar-refractivity contribution in [1.82, 2.24) is 10.2 Å². The molecule has 1 heterocycles. The van der Waals surface area contributed by atoms with E-state index >= 15 is 0 Å². The molecule has 24 heavy (non-hydrogen) atoms. The third-order valence-corrected chi connectivity index (χ3v) is 4.85. The van der Waals surface area contributed by atoms with E-state index in [1.807, 2.05) is 20.8 Å². The van der Waals surface area contributed by atoms with Crippen LogP contribution in [-0.2, 0) is 17.7 Å². The largest absolute Gasteiger partial charge is 0.444 e. The Hall–Kier alpha value is -1.59. The highest BCUT2D eigenvalue weighted by atomic mass is 16.6. The van der Waals surface area contributed by atoms with Gasteiger partial charge in [0.05, 0.1) is 6.10 Å². The predicted octanol–water partition coefficient (Wildman–Crippen LogP) is 2.46. The molecule has 0 spiro atoms. The summed E-state index contributed by atoms with van der Waals surface area (Å²) in [6.45, 7) is 7.38.